The average Bonchev–Trinajstić information content (AvgIpc) is 2.97. The number of hydrogen-bond acceptors (Lipinski definition) is 4. The fourth-order valence-corrected chi connectivity index (χ4v) is 2.73. The Labute approximate surface area is 107 Å². The van der Waals surface area contributed by atoms with Crippen LogP contribution in [0.2, 0.25) is 0 Å². The molecular formula is C12H23N5O. The molecule has 5 N–H and O–H groups in total. The van der Waals surface area contributed by atoms with Crippen LogP contribution in [0.25, 0.3) is 0 Å². The molecule has 0 bridgehead atoms. The first-order valence-electron chi connectivity index (χ1n) is 6.86. The number of hydrogen-bond donors (Lipinski definition) is 3. The van der Waals surface area contributed by atoms with E-state index in [-0.39, 0.29) is 17.8 Å². The molecule has 1 saturated carbocycles. The molecule has 1 aliphatic carbocycles. The standard InChI is InChI=1S/C12H23N5O/c13-8-4-3-7-10(14)11-15-16-12(18)17(11)9-5-1-2-6-9/h9-10H,1-8,13-14H2,(H,16,18)/t10-/m0/s1. The summed E-state index contributed by atoms with van der Waals surface area (Å²) < 4.78 is 1.78. The molecule has 102 valence electrons. The first kappa shape index (κ1) is 13.3. The zero-order valence-electron chi connectivity index (χ0n) is 10.8. The lowest BCUT2D eigenvalue weighted by atomic mass is 10.1. The Morgan fingerprint density at radius 3 is 2.78 bits per heavy atom. The Morgan fingerprint density at radius 2 is 2.11 bits per heavy atom. The van der Waals surface area contributed by atoms with Gasteiger partial charge in [0.15, 0.2) is 5.82 Å². The van der Waals surface area contributed by atoms with Crippen molar-refractivity contribution >= 4 is 0 Å². The lowest BCUT2D eigenvalue weighted by Gasteiger charge is -2.16. The monoisotopic (exact) mass is 253 g/mol. The zero-order chi connectivity index (χ0) is 13.0. The summed E-state index contributed by atoms with van der Waals surface area (Å²) >= 11 is 0. The molecule has 1 atom stereocenters. The topological polar surface area (TPSA) is 103 Å². The Balaban J connectivity index is 2.09. The SMILES string of the molecule is NCCCC[C@H](N)c1n[nH]c(=O)n1C1CCCC1. The smallest absolute Gasteiger partial charge is 0.330 e. The summed E-state index contributed by atoms with van der Waals surface area (Å²) in [6, 6.07) is 0.114. The summed E-state index contributed by atoms with van der Waals surface area (Å²) in [7, 11) is 0. The highest BCUT2D eigenvalue weighted by Gasteiger charge is 2.24. The maximum Gasteiger partial charge on any atom is 0.343 e. The highest BCUT2D eigenvalue weighted by molar-refractivity contribution is 4.97. The summed E-state index contributed by atoms with van der Waals surface area (Å²) in [6.07, 6.45) is 7.25. The Bertz CT molecular complexity index is 418. The van der Waals surface area contributed by atoms with E-state index >= 15 is 0 Å². The number of nitrogens with two attached hydrogens (primary N) is 2. The molecule has 1 heterocycles. The second-order valence-electron chi connectivity index (χ2n) is 5.09. The quantitative estimate of drug-likeness (QED) is 0.653. The number of aromatic nitrogens is 3. The molecule has 1 fully saturated rings. The van der Waals surface area contributed by atoms with E-state index in [0.717, 1.165) is 32.1 Å². The first-order valence-corrected chi connectivity index (χ1v) is 6.86. The van der Waals surface area contributed by atoms with Crippen LogP contribution in [0.5, 0.6) is 0 Å². The molecule has 0 spiro atoms. The van der Waals surface area contributed by atoms with Gasteiger partial charge >= 0.3 is 5.69 Å². The second kappa shape index (κ2) is 6.15. The van der Waals surface area contributed by atoms with Gasteiger partial charge in [0.05, 0.1) is 6.04 Å². The van der Waals surface area contributed by atoms with Crippen LogP contribution in [0.1, 0.15) is 62.9 Å². The maximum absolute atomic E-state index is 11.8. The lowest BCUT2D eigenvalue weighted by Crippen LogP contribution is -2.26. The van der Waals surface area contributed by atoms with Gasteiger partial charge in [-0.2, -0.15) is 5.10 Å². The predicted octanol–water partition coefficient (Wildman–Crippen LogP) is 0.815. The van der Waals surface area contributed by atoms with Crippen molar-refractivity contribution in [2.45, 2.75) is 57.0 Å². The van der Waals surface area contributed by atoms with Crippen molar-refractivity contribution in [3.05, 3.63) is 16.3 Å². The van der Waals surface area contributed by atoms with Crippen molar-refractivity contribution in [2.75, 3.05) is 6.54 Å². The summed E-state index contributed by atoms with van der Waals surface area (Å²) in [4.78, 5) is 11.8. The van der Waals surface area contributed by atoms with Crippen LogP contribution in [0, 0.1) is 0 Å². The molecule has 0 aliphatic heterocycles. The van der Waals surface area contributed by atoms with Gasteiger partial charge in [-0.15, -0.1) is 0 Å². The minimum Gasteiger partial charge on any atom is -0.330 e. The van der Waals surface area contributed by atoms with Crippen LogP contribution >= 0.6 is 0 Å². The van der Waals surface area contributed by atoms with E-state index in [2.05, 4.69) is 10.2 Å². The fraction of sp³-hybridized carbons (Fsp3) is 0.833. The van der Waals surface area contributed by atoms with Gasteiger partial charge in [0.25, 0.3) is 0 Å². The molecule has 6 heteroatoms. The van der Waals surface area contributed by atoms with Gasteiger partial charge in [-0.25, -0.2) is 9.89 Å². The van der Waals surface area contributed by atoms with Crippen LogP contribution in [-0.4, -0.2) is 21.3 Å². The molecule has 18 heavy (non-hydrogen) atoms. The lowest BCUT2D eigenvalue weighted by molar-refractivity contribution is 0.451. The first-order chi connectivity index (χ1) is 8.74. The molecule has 6 nitrogen and oxygen atoms in total. The van der Waals surface area contributed by atoms with Crippen molar-refractivity contribution in [2.24, 2.45) is 11.5 Å². The van der Waals surface area contributed by atoms with Crippen LogP contribution < -0.4 is 17.2 Å². The zero-order valence-corrected chi connectivity index (χ0v) is 10.8. The summed E-state index contributed by atoms with van der Waals surface area (Å²) in [5.41, 5.74) is 11.5. The fourth-order valence-electron chi connectivity index (χ4n) is 2.73. The molecule has 1 aliphatic rings. The van der Waals surface area contributed by atoms with Crippen LogP contribution in [0.4, 0.5) is 0 Å². The summed E-state index contributed by atoms with van der Waals surface area (Å²) in [6.45, 7) is 0.683. The van der Waals surface area contributed by atoms with E-state index in [9.17, 15) is 4.79 Å². The van der Waals surface area contributed by atoms with Crippen molar-refractivity contribution in [3.63, 3.8) is 0 Å². The summed E-state index contributed by atoms with van der Waals surface area (Å²) in [5.74, 6) is 0.712. The highest BCUT2D eigenvalue weighted by atomic mass is 16.1. The number of nitrogens with zero attached hydrogens (tertiary/aromatic N) is 2. The van der Waals surface area contributed by atoms with Crippen LogP contribution in [-0.2, 0) is 0 Å². The number of nitrogens with one attached hydrogen (secondary N) is 1. The van der Waals surface area contributed by atoms with E-state index in [4.69, 9.17) is 11.5 Å². The third-order valence-corrected chi connectivity index (χ3v) is 3.72. The van der Waals surface area contributed by atoms with Crippen molar-refractivity contribution in [1.82, 2.24) is 14.8 Å². The largest absolute Gasteiger partial charge is 0.343 e. The van der Waals surface area contributed by atoms with E-state index in [1.54, 1.807) is 4.57 Å². The molecule has 0 radical (unpaired) electrons. The number of unbranched alkanes of at least 4 members (excludes halogenated alkanes) is 1. The highest BCUT2D eigenvalue weighted by Crippen LogP contribution is 2.30. The third kappa shape index (κ3) is 2.81. The van der Waals surface area contributed by atoms with Gasteiger partial charge in [0.2, 0.25) is 0 Å². The molecular weight excluding hydrogens is 230 g/mol. The van der Waals surface area contributed by atoms with Crippen LogP contribution in [0.3, 0.4) is 0 Å². The third-order valence-electron chi connectivity index (χ3n) is 3.72. The van der Waals surface area contributed by atoms with E-state index in [1.807, 2.05) is 0 Å². The maximum atomic E-state index is 11.8. The minimum absolute atomic E-state index is 0.119. The molecule has 0 amide bonds. The van der Waals surface area contributed by atoms with Gasteiger partial charge in [-0.05, 0) is 32.2 Å². The van der Waals surface area contributed by atoms with E-state index < -0.39 is 0 Å². The molecule has 0 unspecified atom stereocenters. The van der Waals surface area contributed by atoms with Crippen molar-refractivity contribution < 1.29 is 0 Å². The second-order valence-corrected chi connectivity index (χ2v) is 5.09. The molecule has 1 aromatic rings. The predicted molar refractivity (Wildman–Crippen MR) is 70.2 cm³/mol. The normalized spacial score (nSPS) is 18.3. The molecule has 2 rings (SSSR count). The van der Waals surface area contributed by atoms with E-state index in [1.165, 1.54) is 12.8 Å². The Hall–Kier alpha value is -1.14. The number of rotatable bonds is 6. The summed E-state index contributed by atoms with van der Waals surface area (Å²) in [5, 5.41) is 6.65. The average molecular weight is 253 g/mol. The van der Waals surface area contributed by atoms with Gasteiger partial charge in [-0.3, -0.25) is 4.57 Å². The molecule has 1 aromatic heterocycles. The Kier molecular flexibility index (Phi) is 4.54. The van der Waals surface area contributed by atoms with Crippen LogP contribution in [0.15, 0.2) is 4.79 Å². The number of aromatic amines is 1. The molecule has 0 saturated heterocycles. The molecule has 0 aromatic carbocycles. The van der Waals surface area contributed by atoms with Crippen molar-refractivity contribution in [1.29, 1.82) is 0 Å². The van der Waals surface area contributed by atoms with Gasteiger partial charge in [0, 0.05) is 6.04 Å². The number of H-pyrrole nitrogens is 1. The van der Waals surface area contributed by atoms with Gasteiger partial charge in [-0.1, -0.05) is 19.3 Å². The minimum atomic E-state index is -0.170. The Morgan fingerprint density at radius 1 is 1.39 bits per heavy atom. The van der Waals surface area contributed by atoms with Crippen molar-refractivity contribution in [3.8, 4) is 0 Å². The van der Waals surface area contributed by atoms with E-state index in [0.29, 0.717) is 12.4 Å². The van der Waals surface area contributed by atoms with Gasteiger partial charge in [0.1, 0.15) is 0 Å². The van der Waals surface area contributed by atoms with Gasteiger partial charge < -0.3 is 11.5 Å².